The van der Waals surface area contributed by atoms with Gasteiger partial charge in [0.2, 0.25) is 11.8 Å². The van der Waals surface area contributed by atoms with Crippen molar-refractivity contribution in [3.05, 3.63) is 130 Å². The fourth-order valence-corrected chi connectivity index (χ4v) is 6.62. The fraction of sp³-hybridized carbons (Fsp3) is 0.278. The number of benzene rings is 4. The number of nitrogens with one attached hydrogen (secondary N) is 1. The van der Waals surface area contributed by atoms with Crippen molar-refractivity contribution >= 4 is 43.5 Å². The van der Waals surface area contributed by atoms with Crippen LogP contribution < -0.4 is 9.62 Å². The third kappa shape index (κ3) is 8.83. The average molecular weight is 691 g/mol. The third-order valence-corrected chi connectivity index (χ3v) is 10.2. The molecule has 0 aliphatic carbocycles. The molecule has 0 heterocycles. The molecule has 4 aromatic carbocycles. The van der Waals surface area contributed by atoms with Crippen molar-refractivity contribution in [2.75, 3.05) is 10.8 Å². The summed E-state index contributed by atoms with van der Waals surface area (Å²) < 4.78 is 30.2. The highest BCUT2D eigenvalue weighted by molar-refractivity contribution is 9.10. The molecule has 0 aliphatic heterocycles. The van der Waals surface area contributed by atoms with Crippen molar-refractivity contribution in [1.29, 1.82) is 0 Å². The van der Waals surface area contributed by atoms with Gasteiger partial charge in [-0.15, -0.1) is 0 Å². The van der Waals surface area contributed by atoms with Gasteiger partial charge in [0.15, 0.2) is 0 Å². The van der Waals surface area contributed by atoms with Crippen LogP contribution >= 0.6 is 15.9 Å². The maximum absolute atomic E-state index is 14.6. The fourth-order valence-electron chi connectivity index (χ4n) is 4.94. The van der Waals surface area contributed by atoms with Crippen LogP contribution in [0.2, 0.25) is 0 Å². The van der Waals surface area contributed by atoms with Gasteiger partial charge in [-0.3, -0.25) is 13.9 Å². The van der Waals surface area contributed by atoms with Gasteiger partial charge in [-0.1, -0.05) is 95.1 Å². The predicted octanol–water partition coefficient (Wildman–Crippen LogP) is 6.82. The summed E-state index contributed by atoms with van der Waals surface area (Å²) in [6.45, 7) is 7.39. The first-order chi connectivity index (χ1) is 21.5. The van der Waals surface area contributed by atoms with Crippen molar-refractivity contribution in [3.63, 3.8) is 0 Å². The van der Waals surface area contributed by atoms with Crippen molar-refractivity contribution in [1.82, 2.24) is 10.2 Å². The Hall–Kier alpha value is -3.95. The van der Waals surface area contributed by atoms with Gasteiger partial charge in [-0.05, 0) is 80.3 Å². The van der Waals surface area contributed by atoms with Crippen molar-refractivity contribution in [2.45, 2.75) is 64.1 Å². The van der Waals surface area contributed by atoms with Crippen LogP contribution in [0.25, 0.3) is 0 Å². The number of rotatable bonds is 13. The summed E-state index contributed by atoms with van der Waals surface area (Å²) in [7, 11) is -4.15. The average Bonchev–Trinajstić information content (AvgIpc) is 3.03. The maximum Gasteiger partial charge on any atom is 0.264 e. The Balaban J connectivity index is 1.81. The molecular weight excluding hydrogens is 650 g/mol. The standard InChI is InChI=1S/C36H40BrN3O4S/c1-5-28(4)38-36(42)34(23-29-12-7-6-8-13-29)39(24-30-14-10-9-11-27(30)3)35(41)25-40(32-19-17-31(37)18-20-32)45(43,44)33-21-15-26(2)16-22-33/h6-22,28,34H,5,23-25H2,1-4H3,(H,38,42)/t28-,34+/m0/s1. The van der Waals surface area contributed by atoms with Crippen molar-refractivity contribution in [2.24, 2.45) is 0 Å². The molecule has 0 saturated heterocycles. The zero-order chi connectivity index (χ0) is 32.6. The van der Waals surface area contributed by atoms with Crippen LogP contribution in [0.3, 0.4) is 0 Å². The first-order valence-corrected chi connectivity index (χ1v) is 17.3. The van der Waals surface area contributed by atoms with Crippen LogP contribution in [0.15, 0.2) is 112 Å². The zero-order valence-electron chi connectivity index (χ0n) is 26.1. The van der Waals surface area contributed by atoms with Crippen LogP contribution in [0, 0.1) is 13.8 Å². The number of carbonyl (C=O) groups is 2. The van der Waals surface area contributed by atoms with Crippen LogP contribution in [0.4, 0.5) is 5.69 Å². The van der Waals surface area contributed by atoms with E-state index in [1.807, 2.05) is 82.3 Å². The van der Waals surface area contributed by atoms with Gasteiger partial charge in [0.1, 0.15) is 12.6 Å². The summed E-state index contributed by atoms with van der Waals surface area (Å²) in [5, 5.41) is 3.07. The normalized spacial score (nSPS) is 12.6. The van der Waals surface area contributed by atoms with E-state index in [1.165, 1.54) is 4.90 Å². The maximum atomic E-state index is 14.6. The molecule has 1 N–H and O–H groups in total. The molecule has 0 spiro atoms. The second kappa shape index (κ2) is 15.4. The molecule has 0 bridgehead atoms. The Kier molecular flexibility index (Phi) is 11.6. The summed E-state index contributed by atoms with van der Waals surface area (Å²) in [5.74, 6) is -0.774. The largest absolute Gasteiger partial charge is 0.352 e. The molecule has 45 heavy (non-hydrogen) atoms. The molecule has 0 saturated carbocycles. The number of halogens is 1. The summed E-state index contributed by atoms with van der Waals surface area (Å²) in [6, 6.07) is 29.6. The first-order valence-electron chi connectivity index (χ1n) is 15.0. The SMILES string of the molecule is CC[C@H](C)NC(=O)[C@@H](Cc1ccccc1)N(Cc1ccccc1C)C(=O)CN(c1ccc(Br)cc1)S(=O)(=O)c1ccc(C)cc1. The topological polar surface area (TPSA) is 86.8 Å². The Morgan fingerprint density at radius 1 is 0.844 bits per heavy atom. The van der Waals surface area contributed by atoms with Crippen LogP contribution in [-0.4, -0.2) is 43.8 Å². The number of carbonyl (C=O) groups excluding carboxylic acids is 2. The molecule has 236 valence electrons. The van der Waals surface area contributed by atoms with Gasteiger partial charge in [-0.2, -0.15) is 0 Å². The molecule has 9 heteroatoms. The number of nitrogens with zero attached hydrogens (tertiary/aromatic N) is 2. The molecule has 4 rings (SSSR count). The highest BCUT2D eigenvalue weighted by Crippen LogP contribution is 2.27. The smallest absolute Gasteiger partial charge is 0.264 e. The lowest BCUT2D eigenvalue weighted by atomic mass is 10.0. The highest BCUT2D eigenvalue weighted by atomic mass is 79.9. The highest BCUT2D eigenvalue weighted by Gasteiger charge is 2.35. The minimum atomic E-state index is -4.15. The van der Waals surface area contributed by atoms with E-state index in [4.69, 9.17) is 0 Å². The molecule has 2 amide bonds. The quantitative estimate of drug-likeness (QED) is 0.167. The monoisotopic (exact) mass is 689 g/mol. The number of sulfonamides is 1. The van der Waals surface area contributed by atoms with Gasteiger partial charge in [-0.25, -0.2) is 8.42 Å². The molecular formula is C36H40BrN3O4S. The molecule has 0 aromatic heterocycles. The number of aryl methyl sites for hydroxylation is 2. The van der Waals surface area contributed by atoms with Crippen LogP contribution in [0.1, 0.15) is 42.5 Å². The molecule has 0 fully saturated rings. The van der Waals surface area contributed by atoms with Gasteiger partial charge in [0, 0.05) is 23.5 Å². The number of hydrogen-bond donors (Lipinski definition) is 1. The number of amides is 2. The van der Waals surface area contributed by atoms with Crippen molar-refractivity contribution < 1.29 is 18.0 Å². The first kappa shape index (κ1) is 33.9. The van der Waals surface area contributed by atoms with E-state index in [0.29, 0.717) is 5.69 Å². The summed E-state index contributed by atoms with van der Waals surface area (Å²) in [5.41, 5.74) is 3.98. The second-order valence-electron chi connectivity index (χ2n) is 11.3. The van der Waals surface area contributed by atoms with Crippen molar-refractivity contribution in [3.8, 4) is 0 Å². The number of anilines is 1. The minimum absolute atomic E-state index is 0.0737. The van der Waals surface area contributed by atoms with E-state index in [9.17, 15) is 18.0 Å². The van der Waals surface area contributed by atoms with E-state index in [2.05, 4.69) is 21.2 Å². The Morgan fingerprint density at radius 2 is 1.47 bits per heavy atom. The summed E-state index contributed by atoms with van der Waals surface area (Å²) in [4.78, 5) is 30.1. The van der Waals surface area contributed by atoms with Gasteiger partial charge >= 0.3 is 0 Å². The number of hydrogen-bond acceptors (Lipinski definition) is 4. The third-order valence-electron chi connectivity index (χ3n) is 7.88. The Bertz CT molecular complexity index is 1690. The van der Waals surface area contributed by atoms with Gasteiger partial charge in [0.25, 0.3) is 10.0 Å². The molecule has 2 atom stereocenters. The lowest BCUT2D eigenvalue weighted by Gasteiger charge is -2.34. The zero-order valence-corrected chi connectivity index (χ0v) is 28.5. The van der Waals surface area contributed by atoms with E-state index < -0.39 is 28.5 Å². The van der Waals surface area contributed by atoms with E-state index in [0.717, 1.165) is 37.5 Å². The van der Waals surface area contributed by atoms with Gasteiger partial charge < -0.3 is 10.2 Å². The van der Waals surface area contributed by atoms with E-state index in [-0.39, 0.29) is 29.8 Å². The Labute approximate surface area is 275 Å². The summed E-state index contributed by atoms with van der Waals surface area (Å²) >= 11 is 3.42. The predicted molar refractivity (Wildman–Crippen MR) is 183 cm³/mol. The molecule has 0 radical (unpaired) electrons. The molecule has 7 nitrogen and oxygen atoms in total. The Morgan fingerprint density at radius 3 is 2.09 bits per heavy atom. The molecule has 4 aromatic rings. The molecule has 0 unspecified atom stereocenters. The second-order valence-corrected chi connectivity index (χ2v) is 14.1. The molecule has 0 aliphatic rings. The van der Waals surface area contributed by atoms with E-state index in [1.54, 1.807) is 48.5 Å². The van der Waals surface area contributed by atoms with Crippen LogP contribution in [-0.2, 0) is 32.6 Å². The minimum Gasteiger partial charge on any atom is -0.352 e. The lowest BCUT2D eigenvalue weighted by molar-refractivity contribution is -0.140. The van der Waals surface area contributed by atoms with E-state index >= 15 is 0 Å². The van der Waals surface area contributed by atoms with Gasteiger partial charge in [0.05, 0.1) is 10.6 Å². The lowest BCUT2D eigenvalue weighted by Crippen LogP contribution is -2.54. The van der Waals surface area contributed by atoms with Crippen LogP contribution in [0.5, 0.6) is 0 Å². The summed E-state index contributed by atoms with van der Waals surface area (Å²) in [6.07, 6.45) is 0.991.